The zero-order chi connectivity index (χ0) is 16.7. The molecule has 0 unspecified atom stereocenters. The maximum absolute atomic E-state index is 9.67. The highest BCUT2D eigenvalue weighted by Crippen LogP contribution is 2.68. The van der Waals surface area contributed by atoms with Crippen molar-refractivity contribution in [3.05, 3.63) is 53.2 Å². The van der Waals surface area contributed by atoms with Crippen molar-refractivity contribution in [3.8, 4) is 6.07 Å². The summed E-state index contributed by atoms with van der Waals surface area (Å²) in [6, 6.07) is 12.6. The second kappa shape index (κ2) is 4.16. The highest BCUT2D eigenvalue weighted by Gasteiger charge is 2.60. The van der Waals surface area contributed by atoms with Crippen LogP contribution in [0.2, 0.25) is 0 Å². The van der Waals surface area contributed by atoms with Crippen molar-refractivity contribution in [2.75, 3.05) is 0 Å². The third-order valence-corrected chi connectivity index (χ3v) is 7.18. The largest absolute Gasteiger partial charge is 0.255 e. The Bertz CT molecular complexity index is 1070. The third kappa shape index (κ3) is 1.36. The summed E-state index contributed by atoms with van der Waals surface area (Å²) >= 11 is 0. The molecule has 2 aliphatic rings. The van der Waals surface area contributed by atoms with E-state index in [4.69, 9.17) is 4.98 Å². The minimum Gasteiger partial charge on any atom is -0.255 e. The summed E-state index contributed by atoms with van der Waals surface area (Å²) in [5, 5.41) is 13.0. The van der Waals surface area contributed by atoms with Crippen LogP contribution in [0.25, 0.3) is 21.7 Å². The van der Waals surface area contributed by atoms with Gasteiger partial charge < -0.3 is 0 Å². The summed E-state index contributed by atoms with van der Waals surface area (Å²) < 4.78 is 0. The van der Waals surface area contributed by atoms with Crippen LogP contribution < -0.4 is 0 Å². The Balaban J connectivity index is 2.00. The van der Waals surface area contributed by atoms with Gasteiger partial charge in [-0.25, -0.2) is 0 Å². The van der Waals surface area contributed by atoms with Gasteiger partial charge in [0.25, 0.3) is 0 Å². The number of hydrogen-bond donors (Lipinski definition) is 0. The lowest BCUT2D eigenvalue weighted by molar-refractivity contribution is 0.232. The first kappa shape index (κ1) is 14.0. The summed E-state index contributed by atoms with van der Waals surface area (Å²) in [7, 11) is 0. The normalized spacial score (nSPS) is 26.7. The van der Waals surface area contributed by atoms with E-state index < -0.39 is 0 Å². The Hall–Kier alpha value is -2.40. The SMILES string of the molecule is CC1(C)[C@@H]2CC[C@@]1(C)c1c2cnc2c1cc(C#N)c1ccccc12. The van der Waals surface area contributed by atoms with Gasteiger partial charge in [-0.15, -0.1) is 0 Å². The van der Waals surface area contributed by atoms with Crippen LogP contribution in [0, 0.1) is 16.7 Å². The monoisotopic (exact) mass is 312 g/mol. The van der Waals surface area contributed by atoms with Gasteiger partial charge in [0.15, 0.2) is 0 Å². The average molecular weight is 312 g/mol. The van der Waals surface area contributed by atoms with Crippen molar-refractivity contribution < 1.29 is 0 Å². The fourth-order valence-electron chi connectivity index (χ4n) is 5.51. The van der Waals surface area contributed by atoms with Gasteiger partial charge in [0.05, 0.1) is 17.1 Å². The van der Waals surface area contributed by atoms with E-state index in [-0.39, 0.29) is 10.8 Å². The van der Waals surface area contributed by atoms with Gasteiger partial charge in [-0.3, -0.25) is 4.98 Å². The van der Waals surface area contributed by atoms with Gasteiger partial charge in [-0.1, -0.05) is 45.0 Å². The van der Waals surface area contributed by atoms with E-state index in [1.54, 1.807) is 0 Å². The molecular formula is C22H20N2. The Morgan fingerprint density at radius 3 is 2.62 bits per heavy atom. The highest BCUT2D eigenvalue weighted by atomic mass is 14.7. The van der Waals surface area contributed by atoms with Crippen molar-refractivity contribution in [1.82, 2.24) is 4.98 Å². The molecule has 5 rings (SSSR count). The minimum absolute atomic E-state index is 0.170. The molecule has 1 saturated carbocycles. The molecule has 1 aromatic heterocycles. The second-order valence-corrected chi connectivity index (χ2v) is 8.21. The highest BCUT2D eigenvalue weighted by molar-refractivity contribution is 6.09. The number of benzene rings is 2. The van der Waals surface area contributed by atoms with Crippen molar-refractivity contribution >= 4 is 21.7 Å². The van der Waals surface area contributed by atoms with Crippen LogP contribution in [0.4, 0.5) is 0 Å². The number of pyridine rings is 1. The first-order valence-corrected chi connectivity index (χ1v) is 8.74. The first-order chi connectivity index (χ1) is 11.5. The molecule has 0 radical (unpaired) electrons. The van der Waals surface area contributed by atoms with Crippen LogP contribution in [0.3, 0.4) is 0 Å². The van der Waals surface area contributed by atoms with E-state index in [9.17, 15) is 5.26 Å². The van der Waals surface area contributed by atoms with Crippen LogP contribution in [-0.2, 0) is 5.41 Å². The fraction of sp³-hybridized carbons (Fsp3) is 0.364. The standard InChI is InChI=1S/C22H20N2/c1-21(2)18-8-9-22(21,3)19-16-10-13(11-23)14-6-4-5-7-15(14)20(16)24-12-17(18)19/h4-7,10,12,18H,8-9H2,1-3H3/t18-,22+/m1/s1. The molecule has 0 saturated heterocycles. The number of hydrogen-bond acceptors (Lipinski definition) is 2. The van der Waals surface area contributed by atoms with E-state index in [0.29, 0.717) is 5.92 Å². The smallest absolute Gasteiger partial charge is 0.0998 e. The summed E-state index contributed by atoms with van der Waals surface area (Å²) in [6.45, 7) is 7.23. The quantitative estimate of drug-likeness (QED) is 0.519. The Morgan fingerprint density at radius 1 is 1.12 bits per heavy atom. The predicted octanol–water partition coefficient (Wildman–Crippen LogP) is 5.43. The molecule has 0 amide bonds. The van der Waals surface area contributed by atoms with Crippen LogP contribution in [-0.4, -0.2) is 4.98 Å². The molecule has 118 valence electrons. The molecular weight excluding hydrogens is 292 g/mol. The second-order valence-electron chi connectivity index (χ2n) is 8.21. The Kier molecular flexibility index (Phi) is 2.43. The number of aromatic nitrogens is 1. The van der Waals surface area contributed by atoms with E-state index in [0.717, 1.165) is 21.9 Å². The molecule has 2 bridgehead atoms. The van der Waals surface area contributed by atoms with E-state index in [1.807, 2.05) is 18.2 Å². The molecule has 2 aliphatic carbocycles. The van der Waals surface area contributed by atoms with Crippen molar-refractivity contribution in [3.63, 3.8) is 0 Å². The molecule has 2 aromatic carbocycles. The number of fused-ring (bicyclic) bond motifs is 9. The predicted molar refractivity (Wildman–Crippen MR) is 97.1 cm³/mol. The van der Waals surface area contributed by atoms with Crippen LogP contribution in [0.1, 0.15) is 56.2 Å². The van der Waals surface area contributed by atoms with Gasteiger partial charge in [-0.2, -0.15) is 5.26 Å². The van der Waals surface area contributed by atoms with Gasteiger partial charge in [0.2, 0.25) is 0 Å². The van der Waals surface area contributed by atoms with Gasteiger partial charge in [0, 0.05) is 22.4 Å². The van der Waals surface area contributed by atoms with Crippen molar-refractivity contribution in [2.45, 2.75) is 44.9 Å². The summed E-state index contributed by atoms with van der Waals surface area (Å²) in [6.07, 6.45) is 4.60. The maximum Gasteiger partial charge on any atom is 0.0998 e. The summed E-state index contributed by atoms with van der Waals surface area (Å²) in [4.78, 5) is 4.86. The molecule has 1 fully saturated rings. The molecule has 2 atom stereocenters. The molecule has 0 spiro atoms. The molecule has 1 heterocycles. The lowest BCUT2D eigenvalue weighted by atomic mass is 9.68. The van der Waals surface area contributed by atoms with Crippen LogP contribution in [0.15, 0.2) is 36.5 Å². The molecule has 3 aromatic rings. The topological polar surface area (TPSA) is 36.7 Å². The molecule has 0 N–H and O–H groups in total. The maximum atomic E-state index is 9.67. The number of rotatable bonds is 0. The van der Waals surface area contributed by atoms with Crippen molar-refractivity contribution in [1.29, 1.82) is 5.26 Å². The molecule has 2 heteroatoms. The Morgan fingerprint density at radius 2 is 1.88 bits per heavy atom. The summed E-state index contributed by atoms with van der Waals surface area (Å²) in [5.74, 6) is 0.589. The zero-order valence-electron chi connectivity index (χ0n) is 14.4. The zero-order valence-corrected chi connectivity index (χ0v) is 14.4. The molecule has 0 aliphatic heterocycles. The summed E-state index contributed by atoms with van der Waals surface area (Å²) in [5.41, 5.74) is 5.11. The number of nitrogens with zero attached hydrogens (tertiary/aromatic N) is 2. The fourth-order valence-corrected chi connectivity index (χ4v) is 5.51. The Labute approximate surface area is 142 Å². The van der Waals surface area contributed by atoms with E-state index in [1.165, 1.54) is 29.4 Å². The third-order valence-electron chi connectivity index (χ3n) is 7.18. The lowest BCUT2D eigenvalue weighted by Crippen LogP contribution is -2.31. The lowest BCUT2D eigenvalue weighted by Gasteiger charge is -2.36. The minimum atomic E-state index is 0.170. The van der Waals surface area contributed by atoms with E-state index >= 15 is 0 Å². The average Bonchev–Trinajstić information content (AvgIpc) is 2.92. The van der Waals surface area contributed by atoms with Gasteiger partial charge in [0.1, 0.15) is 0 Å². The molecule has 24 heavy (non-hydrogen) atoms. The number of nitriles is 1. The van der Waals surface area contributed by atoms with Gasteiger partial charge in [-0.05, 0) is 46.8 Å². The molecule has 2 nitrogen and oxygen atoms in total. The van der Waals surface area contributed by atoms with E-state index in [2.05, 4.69) is 45.2 Å². The van der Waals surface area contributed by atoms with Crippen LogP contribution >= 0.6 is 0 Å². The first-order valence-electron chi connectivity index (χ1n) is 8.74. The van der Waals surface area contributed by atoms with Crippen LogP contribution in [0.5, 0.6) is 0 Å². The van der Waals surface area contributed by atoms with Gasteiger partial charge >= 0.3 is 0 Å². The van der Waals surface area contributed by atoms with Crippen molar-refractivity contribution in [2.24, 2.45) is 5.41 Å².